The Morgan fingerprint density at radius 2 is 2.24 bits per heavy atom. The zero-order chi connectivity index (χ0) is 12.3. The van der Waals surface area contributed by atoms with Crippen molar-refractivity contribution in [3.05, 3.63) is 41.2 Å². The van der Waals surface area contributed by atoms with Crippen LogP contribution < -0.4 is 0 Å². The summed E-state index contributed by atoms with van der Waals surface area (Å²) < 4.78 is 0. The molecule has 86 valence electrons. The van der Waals surface area contributed by atoms with Crippen LogP contribution in [0.15, 0.2) is 29.4 Å². The van der Waals surface area contributed by atoms with E-state index in [0.29, 0.717) is 18.5 Å². The molecule has 0 radical (unpaired) electrons. The van der Waals surface area contributed by atoms with Gasteiger partial charge in [0.05, 0.1) is 12.3 Å². The molecule has 0 aromatic heterocycles. The maximum Gasteiger partial charge on any atom is 0.187 e. The lowest BCUT2D eigenvalue weighted by Gasteiger charge is -2.04. The van der Waals surface area contributed by atoms with Gasteiger partial charge in [-0.3, -0.25) is 4.79 Å². The van der Waals surface area contributed by atoms with Crippen molar-refractivity contribution in [1.82, 2.24) is 0 Å². The third kappa shape index (κ3) is 2.70. The van der Waals surface area contributed by atoms with E-state index in [9.17, 15) is 4.79 Å². The Morgan fingerprint density at radius 3 is 2.82 bits per heavy atom. The first kappa shape index (κ1) is 11.3. The second kappa shape index (κ2) is 4.79. The van der Waals surface area contributed by atoms with Gasteiger partial charge in [-0.05, 0) is 12.5 Å². The van der Waals surface area contributed by atoms with Crippen LogP contribution in [0.5, 0.6) is 0 Å². The van der Waals surface area contributed by atoms with Crippen LogP contribution in [-0.2, 0) is 9.63 Å². The van der Waals surface area contributed by atoms with E-state index in [-0.39, 0.29) is 11.9 Å². The lowest BCUT2D eigenvalue weighted by molar-refractivity contribution is -0.119. The number of Topliss-reactive ketones (excluding diaryl/α,β-unsaturated/α-hetero) is 1. The zero-order valence-corrected chi connectivity index (χ0v) is 9.51. The highest BCUT2D eigenvalue weighted by atomic mass is 16.6. The Morgan fingerprint density at radius 1 is 1.53 bits per heavy atom. The summed E-state index contributed by atoms with van der Waals surface area (Å²) in [5.74, 6) is 0.106. The topological polar surface area (TPSA) is 43.0 Å². The Bertz CT molecular complexity index is 497. The highest BCUT2D eigenvalue weighted by Gasteiger charge is 2.23. The van der Waals surface area contributed by atoms with E-state index in [2.05, 4.69) is 10.0 Å². The zero-order valence-electron chi connectivity index (χ0n) is 9.51. The number of hydrogen-bond acceptors (Lipinski definition) is 3. The number of nitrogens with zero attached hydrogens (tertiary/aromatic N) is 2. The molecule has 1 aromatic carbocycles. The normalized spacial score (nSPS) is 18.1. The van der Waals surface area contributed by atoms with Crippen molar-refractivity contribution in [2.45, 2.75) is 25.9 Å². The Labute approximate surface area is 99.7 Å². The Kier molecular flexibility index (Phi) is 3.20. The number of rotatable bonds is 3. The molecule has 0 fully saturated rings. The van der Waals surface area contributed by atoms with Crippen molar-refractivity contribution >= 4 is 17.2 Å². The fourth-order valence-corrected chi connectivity index (χ4v) is 1.76. The van der Waals surface area contributed by atoms with E-state index in [1.165, 1.54) is 0 Å². The number of oxime groups is 1. The second-order valence-electron chi connectivity index (χ2n) is 4.03. The number of carbonyl (C=O) groups excluding carboxylic acids is 1. The van der Waals surface area contributed by atoms with Crippen LogP contribution in [0.2, 0.25) is 0 Å². The SMILES string of the molecule is [C-]#[N+]c1ccc(C2=NOC(CC(C)=O)C2)cc1. The van der Waals surface area contributed by atoms with Crippen molar-refractivity contribution in [2.75, 3.05) is 0 Å². The molecular weight excluding hydrogens is 216 g/mol. The van der Waals surface area contributed by atoms with Crippen molar-refractivity contribution in [1.29, 1.82) is 0 Å². The molecule has 0 N–H and O–H groups in total. The van der Waals surface area contributed by atoms with Crippen LogP contribution in [-0.4, -0.2) is 17.6 Å². The van der Waals surface area contributed by atoms with Gasteiger partial charge in [-0.1, -0.05) is 29.4 Å². The Balaban J connectivity index is 2.05. The Hall–Kier alpha value is -2.15. The van der Waals surface area contributed by atoms with Gasteiger partial charge in [0, 0.05) is 12.8 Å². The van der Waals surface area contributed by atoms with E-state index in [0.717, 1.165) is 11.3 Å². The lowest BCUT2D eigenvalue weighted by Crippen LogP contribution is -2.12. The van der Waals surface area contributed by atoms with Crippen molar-refractivity contribution in [2.24, 2.45) is 5.16 Å². The quantitative estimate of drug-likeness (QED) is 0.746. The van der Waals surface area contributed by atoms with E-state index >= 15 is 0 Å². The minimum Gasteiger partial charge on any atom is -0.391 e. The van der Waals surface area contributed by atoms with Gasteiger partial charge in [-0.15, -0.1) is 0 Å². The molecule has 1 atom stereocenters. The van der Waals surface area contributed by atoms with Crippen LogP contribution in [0.4, 0.5) is 5.69 Å². The van der Waals surface area contributed by atoms with Crippen molar-refractivity contribution in [3.63, 3.8) is 0 Å². The van der Waals surface area contributed by atoms with Gasteiger partial charge in [0.15, 0.2) is 5.69 Å². The maximum atomic E-state index is 11.0. The first-order chi connectivity index (χ1) is 8.19. The maximum absolute atomic E-state index is 11.0. The smallest absolute Gasteiger partial charge is 0.187 e. The fraction of sp³-hybridized carbons (Fsp3) is 0.308. The monoisotopic (exact) mass is 228 g/mol. The molecule has 1 aromatic rings. The van der Waals surface area contributed by atoms with Crippen LogP contribution >= 0.6 is 0 Å². The largest absolute Gasteiger partial charge is 0.391 e. The van der Waals surface area contributed by atoms with Crippen LogP contribution in [0, 0.1) is 6.57 Å². The number of hydrogen-bond donors (Lipinski definition) is 0. The number of carbonyl (C=O) groups is 1. The molecule has 1 aliphatic heterocycles. The highest BCUT2D eigenvalue weighted by molar-refractivity contribution is 6.01. The number of ketones is 1. The molecule has 17 heavy (non-hydrogen) atoms. The first-order valence-corrected chi connectivity index (χ1v) is 5.39. The molecule has 1 heterocycles. The highest BCUT2D eigenvalue weighted by Crippen LogP contribution is 2.21. The summed E-state index contributed by atoms with van der Waals surface area (Å²) in [7, 11) is 0. The van der Waals surface area contributed by atoms with Crippen LogP contribution in [0.3, 0.4) is 0 Å². The third-order valence-electron chi connectivity index (χ3n) is 2.58. The molecular formula is C13H12N2O2. The van der Waals surface area contributed by atoms with E-state index in [4.69, 9.17) is 11.4 Å². The molecule has 1 aliphatic rings. The van der Waals surface area contributed by atoms with E-state index in [1.54, 1.807) is 19.1 Å². The summed E-state index contributed by atoms with van der Waals surface area (Å²) in [6.45, 7) is 8.41. The molecule has 0 saturated heterocycles. The molecule has 0 saturated carbocycles. The molecule has 4 heteroatoms. The molecule has 0 aliphatic carbocycles. The first-order valence-electron chi connectivity index (χ1n) is 5.39. The van der Waals surface area contributed by atoms with Gasteiger partial charge in [0.1, 0.15) is 11.9 Å². The summed E-state index contributed by atoms with van der Waals surface area (Å²) in [6.07, 6.45) is 0.910. The van der Waals surface area contributed by atoms with Crippen molar-refractivity contribution in [3.8, 4) is 0 Å². The summed E-state index contributed by atoms with van der Waals surface area (Å²) in [5, 5.41) is 3.98. The van der Waals surface area contributed by atoms with Crippen LogP contribution in [0.25, 0.3) is 4.85 Å². The second-order valence-corrected chi connectivity index (χ2v) is 4.03. The van der Waals surface area contributed by atoms with E-state index in [1.807, 2.05) is 12.1 Å². The predicted molar refractivity (Wildman–Crippen MR) is 64.0 cm³/mol. The average molecular weight is 228 g/mol. The third-order valence-corrected chi connectivity index (χ3v) is 2.58. The molecule has 1 unspecified atom stereocenters. The molecule has 2 rings (SSSR count). The van der Waals surface area contributed by atoms with Crippen molar-refractivity contribution < 1.29 is 9.63 Å². The predicted octanol–water partition coefficient (Wildman–Crippen LogP) is 2.71. The van der Waals surface area contributed by atoms with Gasteiger partial charge in [0.25, 0.3) is 0 Å². The van der Waals surface area contributed by atoms with Gasteiger partial charge >= 0.3 is 0 Å². The molecule has 0 spiro atoms. The summed E-state index contributed by atoms with van der Waals surface area (Å²) in [6, 6.07) is 7.21. The molecule has 4 nitrogen and oxygen atoms in total. The summed E-state index contributed by atoms with van der Waals surface area (Å²) in [5.41, 5.74) is 2.39. The summed E-state index contributed by atoms with van der Waals surface area (Å²) in [4.78, 5) is 19.5. The standard InChI is InChI=1S/C13H12N2O2/c1-9(16)7-12-8-13(15-17-12)10-3-5-11(14-2)6-4-10/h3-6,12H,7-8H2,1H3. The van der Waals surface area contributed by atoms with E-state index < -0.39 is 0 Å². The van der Waals surface area contributed by atoms with Gasteiger partial charge < -0.3 is 4.84 Å². The minimum absolute atomic E-state index is 0.106. The molecule has 0 bridgehead atoms. The number of benzene rings is 1. The van der Waals surface area contributed by atoms with Gasteiger partial charge in [-0.25, -0.2) is 4.85 Å². The average Bonchev–Trinajstić information content (AvgIpc) is 2.77. The van der Waals surface area contributed by atoms with Crippen LogP contribution in [0.1, 0.15) is 25.3 Å². The molecule has 0 amide bonds. The summed E-state index contributed by atoms with van der Waals surface area (Å²) >= 11 is 0. The van der Waals surface area contributed by atoms with Gasteiger partial charge in [-0.2, -0.15) is 0 Å². The van der Waals surface area contributed by atoms with Gasteiger partial charge in [0.2, 0.25) is 0 Å². The fourth-order valence-electron chi connectivity index (χ4n) is 1.76. The minimum atomic E-state index is -0.136. The lowest BCUT2D eigenvalue weighted by atomic mass is 10.0.